The maximum Gasteiger partial charge on any atom is 0.415 e. The summed E-state index contributed by atoms with van der Waals surface area (Å²) in [6.07, 6.45) is -0.679. The topological polar surface area (TPSA) is 89.9 Å². The molecule has 0 unspecified atom stereocenters. The Kier molecular flexibility index (Phi) is 4.45. The number of hydrogen-bond donors (Lipinski definition) is 1. The number of benzene rings is 1. The van der Waals surface area contributed by atoms with Crippen molar-refractivity contribution in [3.8, 4) is 0 Å². The summed E-state index contributed by atoms with van der Waals surface area (Å²) in [6, 6.07) is 4.44. The van der Waals surface area contributed by atoms with Crippen molar-refractivity contribution in [3.05, 3.63) is 29.6 Å². The molecule has 0 saturated carbocycles. The lowest BCUT2D eigenvalue weighted by Crippen LogP contribution is -2.28. The van der Waals surface area contributed by atoms with Crippen LogP contribution in [0.1, 0.15) is 24.3 Å². The second-order valence-corrected chi connectivity index (χ2v) is 7.35. The second-order valence-electron chi connectivity index (χ2n) is 5.65. The molecule has 1 N–H and O–H groups in total. The number of amides is 1. The molecule has 1 aromatic carbocycles. The highest BCUT2D eigenvalue weighted by Crippen LogP contribution is 2.33. The van der Waals surface area contributed by atoms with Gasteiger partial charge in [0.05, 0.1) is 12.2 Å². The third-order valence-electron chi connectivity index (χ3n) is 4.21. The third-order valence-corrected chi connectivity index (χ3v) is 5.59. The molecule has 23 heavy (non-hydrogen) atoms. The number of anilines is 1. The maximum atomic E-state index is 14.4. The molecule has 0 aliphatic carbocycles. The molecule has 3 rings (SSSR count). The number of halogens is 1. The first-order valence-electron chi connectivity index (χ1n) is 7.31. The first-order chi connectivity index (χ1) is 11.0. The first-order valence-corrected chi connectivity index (χ1v) is 8.80. The quantitative estimate of drug-likeness (QED) is 0.848. The van der Waals surface area contributed by atoms with Gasteiger partial charge in [0.25, 0.3) is 0 Å². The minimum atomic E-state index is -1.24. The fourth-order valence-electron chi connectivity index (χ4n) is 2.92. The van der Waals surface area contributed by atoms with Crippen LogP contribution in [-0.2, 0) is 20.7 Å². The zero-order chi connectivity index (χ0) is 16.6. The van der Waals surface area contributed by atoms with Gasteiger partial charge in [0.15, 0.2) is 0 Å². The van der Waals surface area contributed by atoms with Gasteiger partial charge < -0.3 is 14.4 Å². The molecule has 8 heteroatoms. The largest absolute Gasteiger partial charge is 0.616 e. The van der Waals surface area contributed by atoms with Crippen LogP contribution >= 0.6 is 0 Å². The zero-order valence-corrected chi connectivity index (χ0v) is 13.1. The number of hydrogen-bond acceptors (Lipinski definition) is 4. The van der Waals surface area contributed by atoms with Crippen molar-refractivity contribution in [3.63, 3.8) is 0 Å². The van der Waals surface area contributed by atoms with Gasteiger partial charge in [-0.3, -0.25) is 4.90 Å². The van der Waals surface area contributed by atoms with E-state index in [0.717, 1.165) is 4.90 Å². The molecule has 2 heterocycles. The SMILES string of the molecule is O=C(O)[C@H]1CN(c2ccc([C@H]3CC[S@@+]([O-])CC3)c(F)c2)C(=O)O1. The van der Waals surface area contributed by atoms with Gasteiger partial charge in [-0.2, -0.15) is 0 Å². The summed E-state index contributed by atoms with van der Waals surface area (Å²) in [5.41, 5.74) is 0.826. The van der Waals surface area contributed by atoms with E-state index in [0.29, 0.717) is 29.9 Å². The van der Waals surface area contributed by atoms with E-state index in [1.54, 1.807) is 12.1 Å². The molecule has 0 bridgehead atoms. The molecule has 6 nitrogen and oxygen atoms in total. The van der Waals surface area contributed by atoms with Crippen LogP contribution in [0.2, 0.25) is 0 Å². The van der Waals surface area contributed by atoms with Gasteiger partial charge in [-0.15, -0.1) is 0 Å². The third kappa shape index (κ3) is 3.28. The minimum Gasteiger partial charge on any atom is -0.616 e. The van der Waals surface area contributed by atoms with Crippen molar-refractivity contribution in [1.29, 1.82) is 0 Å². The Morgan fingerprint density at radius 3 is 2.65 bits per heavy atom. The second kappa shape index (κ2) is 6.37. The van der Waals surface area contributed by atoms with Gasteiger partial charge >= 0.3 is 12.1 Å². The van der Waals surface area contributed by atoms with Crippen molar-refractivity contribution in [2.75, 3.05) is 23.0 Å². The summed E-state index contributed by atoms with van der Waals surface area (Å²) >= 11 is -0.808. The molecule has 2 fully saturated rings. The van der Waals surface area contributed by atoms with Crippen molar-refractivity contribution in [2.45, 2.75) is 24.9 Å². The minimum absolute atomic E-state index is 0.0269. The lowest BCUT2D eigenvalue weighted by atomic mass is 9.93. The highest BCUT2D eigenvalue weighted by molar-refractivity contribution is 7.91. The number of ether oxygens (including phenoxy) is 1. The van der Waals surface area contributed by atoms with Crippen LogP contribution in [0.25, 0.3) is 0 Å². The van der Waals surface area contributed by atoms with Gasteiger partial charge in [-0.1, -0.05) is 17.2 Å². The molecule has 0 radical (unpaired) electrons. The molecule has 0 spiro atoms. The van der Waals surface area contributed by atoms with Crippen LogP contribution in [0.5, 0.6) is 0 Å². The Labute approximate surface area is 135 Å². The van der Waals surface area contributed by atoms with Gasteiger partial charge in [-0.25, -0.2) is 14.0 Å². The Hall–Kier alpha value is -1.80. The van der Waals surface area contributed by atoms with E-state index in [-0.39, 0.29) is 18.2 Å². The number of carbonyl (C=O) groups is 2. The summed E-state index contributed by atoms with van der Waals surface area (Å²) < 4.78 is 30.5. The average molecular weight is 341 g/mol. The molecule has 0 aromatic heterocycles. The van der Waals surface area contributed by atoms with Gasteiger partial charge in [-0.05, 0) is 36.5 Å². The van der Waals surface area contributed by atoms with Crippen molar-refractivity contribution in [2.24, 2.45) is 0 Å². The van der Waals surface area contributed by atoms with Gasteiger partial charge in [0, 0.05) is 0 Å². The Morgan fingerprint density at radius 1 is 1.39 bits per heavy atom. The maximum absolute atomic E-state index is 14.4. The van der Waals surface area contributed by atoms with Crippen molar-refractivity contribution in [1.82, 2.24) is 0 Å². The average Bonchev–Trinajstić information content (AvgIpc) is 2.90. The zero-order valence-electron chi connectivity index (χ0n) is 12.2. The summed E-state index contributed by atoms with van der Waals surface area (Å²) in [6.45, 7) is -0.143. The fourth-order valence-corrected chi connectivity index (χ4v) is 4.22. The first kappa shape index (κ1) is 16.1. The summed E-state index contributed by atoms with van der Waals surface area (Å²) in [4.78, 5) is 23.7. The van der Waals surface area contributed by atoms with Crippen LogP contribution in [0.4, 0.5) is 14.9 Å². The fraction of sp³-hybridized carbons (Fsp3) is 0.467. The molecule has 1 amide bonds. The van der Waals surface area contributed by atoms with Crippen LogP contribution in [0, 0.1) is 5.82 Å². The number of cyclic esters (lactones) is 1. The summed E-state index contributed by atoms with van der Waals surface area (Å²) in [5.74, 6) is -0.492. The number of rotatable bonds is 3. The monoisotopic (exact) mass is 341 g/mol. The van der Waals surface area contributed by atoms with Crippen LogP contribution in [0.3, 0.4) is 0 Å². The predicted octanol–water partition coefficient (Wildman–Crippen LogP) is 1.86. The lowest BCUT2D eigenvalue weighted by Gasteiger charge is -2.25. The molecular weight excluding hydrogens is 325 g/mol. The predicted molar refractivity (Wildman–Crippen MR) is 81.5 cm³/mol. The summed E-state index contributed by atoms with van der Waals surface area (Å²) in [7, 11) is 0. The Bertz CT molecular complexity index is 632. The molecule has 2 aliphatic heterocycles. The van der Waals surface area contributed by atoms with Crippen molar-refractivity contribution < 1.29 is 28.4 Å². The van der Waals surface area contributed by atoms with E-state index >= 15 is 0 Å². The van der Waals surface area contributed by atoms with E-state index in [1.807, 2.05) is 0 Å². The van der Waals surface area contributed by atoms with E-state index in [2.05, 4.69) is 0 Å². The highest BCUT2D eigenvalue weighted by Gasteiger charge is 2.37. The molecule has 1 atom stereocenters. The van der Waals surface area contributed by atoms with Crippen LogP contribution in [-0.4, -0.2) is 45.9 Å². The van der Waals surface area contributed by atoms with Crippen LogP contribution in [0.15, 0.2) is 18.2 Å². The standard InChI is InChI=1S/C15H16FNO5S/c16-12-7-10(17-8-13(14(18)19)22-15(17)20)1-2-11(12)9-3-5-23(21)6-4-9/h1-2,7,9,13H,3-6,8H2,(H,18,19)/t9-,13-,23+/m1/s1. The molecule has 2 saturated heterocycles. The number of aliphatic carboxylic acids is 1. The Balaban J connectivity index is 1.77. The van der Waals surface area contributed by atoms with Crippen molar-refractivity contribution >= 4 is 28.9 Å². The molecule has 2 aliphatic rings. The van der Waals surface area contributed by atoms with Crippen LogP contribution < -0.4 is 4.90 Å². The highest BCUT2D eigenvalue weighted by atomic mass is 32.2. The normalized spacial score (nSPS) is 27.8. The van der Waals surface area contributed by atoms with Gasteiger partial charge in [0.2, 0.25) is 6.10 Å². The number of nitrogens with zero attached hydrogens (tertiary/aromatic N) is 1. The molecule has 124 valence electrons. The number of carboxylic acids is 1. The smallest absolute Gasteiger partial charge is 0.415 e. The van der Waals surface area contributed by atoms with E-state index in [1.165, 1.54) is 6.07 Å². The van der Waals surface area contributed by atoms with Gasteiger partial charge in [0.1, 0.15) is 17.3 Å². The number of carbonyl (C=O) groups excluding carboxylic acids is 1. The Morgan fingerprint density at radius 2 is 2.09 bits per heavy atom. The summed E-state index contributed by atoms with van der Waals surface area (Å²) in [5, 5.41) is 8.88. The van der Waals surface area contributed by atoms with E-state index < -0.39 is 35.2 Å². The molecular formula is C15H16FNO5S. The van der Waals surface area contributed by atoms with E-state index in [9.17, 15) is 18.5 Å². The molecule has 1 aromatic rings. The lowest BCUT2D eigenvalue weighted by molar-refractivity contribution is -0.144. The number of carboxylic acid groups (broad SMARTS) is 1. The van der Waals surface area contributed by atoms with E-state index in [4.69, 9.17) is 9.84 Å².